The predicted octanol–water partition coefficient (Wildman–Crippen LogP) is 18.2. The molecule has 0 fully saturated rings. The van der Waals surface area contributed by atoms with E-state index in [2.05, 4.69) is 317 Å². The van der Waals surface area contributed by atoms with E-state index in [0.29, 0.717) is 0 Å². The Kier molecular flexibility index (Phi) is 14.2. The second-order valence-corrected chi connectivity index (χ2v) is 25.3. The summed E-state index contributed by atoms with van der Waals surface area (Å²) < 4.78 is 4.84. The fourth-order valence-electron chi connectivity index (χ4n) is 15.8. The second-order valence-electron chi connectivity index (χ2n) is 25.3. The second kappa shape index (κ2) is 21.9. The van der Waals surface area contributed by atoms with Gasteiger partial charge < -0.3 is 9.80 Å². The number of hydrogen-bond donors (Lipinski definition) is 0. The third-order valence-corrected chi connectivity index (χ3v) is 19.4. The molecular formula is C80H80N4+2. The summed E-state index contributed by atoms with van der Waals surface area (Å²) in [5.74, 6) is 0. The molecule has 0 N–H and O–H groups in total. The average molecular weight is 1100 g/mol. The zero-order valence-electron chi connectivity index (χ0n) is 50.5. The Morgan fingerprint density at radius 1 is 0.381 bits per heavy atom. The number of benzene rings is 9. The first-order valence-electron chi connectivity index (χ1n) is 30.8. The van der Waals surface area contributed by atoms with E-state index >= 15 is 0 Å². The van der Waals surface area contributed by atoms with Crippen molar-refractivity contribution in [2.24, 2.45) is 0 Å². The normalized spacial score (nSPS) is 20.4. The van der Waals surface area contributed by atoms with E-state index in [1.165, 1.54) is 112 Å². The maximum absolute atomic E-state index is 2.65. The number of hydrogen-bond acceptors (Lipinski definition) is 2. The molecule has 84 heavy (non-hydrogen) atoms. The molecule has 0 saturated heterocycles. The Hall–Kier alpha value is -8.60. The minimum atomic E-state index is -0.337. The Bertz CT molecular complexity index is 3920. The van der Waals surface area contributed by atoms with Gasteiger partial charge >= 0.3 is 0 Å². The fourth-order valence-corrected chi connectivity index (χ4v) is 15.8. The smallest absolute Gasteiger partial charge is 0.210 e. The van der Waals surface area contributed by atoms with Crippen LogP contribution in [0, 0.1) is 0 Å². The summed E-state index contributed by atoms with van der Waals surface area (Å²) in [6, 6.07) is 77.8. The lowest BCUT2D eigenvalue weighted by Crippen LogP contribution is -2.36. The molecule has 0 amide bonds. The summed E-state index contributed by atoms with van der Waals surface area (Å²) in [6.45, 7) is 16.1. The zero-order valence-corrected chi connectivity index (χ0v) is 50.5. The predicted molar refractivity (Wildman–Crippen MR) is 356 cm³/mol. The largest absolute Gasteiger partial charge is 0.344 e. The van der Waals surface area contributed by atoms with Crippen LogP contribution in [0.4, 0.5) is 22.7 Å². The van der Waals surface area contributed by atoms with Crippen LogP contribution in [-0.2, 0) is 47.3 Å². The van der Waals surface area contributed by atoms with Crippen molar-refractivity contribution in [2.45, 2.75) is 102 Å². The first-order chi connectivity index (χ1) is 40.9. The summed E-state index contributed by atoms with van der Waals surface area (Å²) in [7, 11) is 4.49. The van der Waals surface area contributed by atoms with E-state index < -0.39 is 0 Å². The van der Waals surface area contributed by atoms with Crippen molar-refractivity contribution in [3.8, 4) is 0 Å². The number of rotatable bonds is 16. The van der Waals surface area contributed by atoms with Gasteiger partial charge in [0.05, 0.1) is 10.8 Å². The molecule has 0 radical (unpaired) electrons. The van der Waals surface area contributed by atoms with E-state index in [4.69, 9.17) is 0 Å². The molecule has 0 saturated carbocycles. The summed E-state index contributed by atoms with van der Waals surface area (Å²) in [5.41, 5.74) is 20.5. The molecule has 4 aliphatic rings. The fraction of sp³-hybridized carbons (Fsp3) is 0.250. The van der Waals surface area contributed by atoms with Crippen molar-refractivity contribution in [2.75, 3.05) is 37.0 Å². The van der Waals surface area contributed by atoms with Crippen molar-refractivity contribution >= 4 is 55.7 Å². The molecule has 4 heterocycles. The van der Waals surface area contributed by atoms with Gasteiger partial charge in [0.25, 0.3) is 0 Å². The molecule has 4 nitrogen and oxygen atoms in total. The van der Waals surface area contributed by atoms with Crippen molar-refractivity contribution in [3.63, 3.8) is 0 Å². The van der Waals surface area contributed by atoms with Gasteiger partial charge in [0, 0.05) is 82.1 Å². The number of nitrogens with zero attached hydrogens (tertiary/aromatic N) is 4. The van der Waals surface area contributed by atoms with Gasteiger partial charge in [-0.3, -0.25) is 0 Å². The lowest BCUT2D eigenvalue weighted by molar-refractivity contribution is -0.401. The highest BCUT2D eigenvalue weighted by Crippen LogP contribution is 2.55. The summed E-state index contributed by atoms with van der Waals surface area (Å²) >= 11 is 0. The van der Waals surface area contributed by atoms with Crippen molar-refractivity contribution in [1.29, 1.82) is 0 Å². The summed E-state index contributed by atoms with van der Waals surface area (Å²) in [5, 5.41) is 5.25. The first kappa shape index (κ1) is 54.6. The van der Waals surface area contributed by atoms with Crippen LogP contribution in [0.15, 0.2) is 254 Å². The highest BCUT2D eigenvalue weighted by atomic mass is 15.2. The molecule has 418 valence electrons. The highest BCUT2D eigenvalue weighted by molar-refractivity contribution is 6.09. The van der Waals surface area contributed by atoms with E-state index in [-0.39, 0.29) is 21.7 Å². The lowest BCUT2D eigenvalue weighted by Gasteiger charge is -2.35. The summed E-state index contributed by atoms with van der Waals surface area (Å²) in [4.78, 5) is 5.29. The summed E-state index contributed by atoms with van der Waals surface area (Å²) in [6.07, 6.45) is 20.1. The van der Waals surface area contributed by atoms with Crippen LogP contribution in [0.1, 0.15) is 98.9 Å². The molecule has 13 rings (SSSR count). The number of anilines is 2. The minimum Gasteiger partial charge on any atom is -0.344 e. The van der Waals surface area contributed by atoms with E-state index in [0.717, 1.165) is 51.6 Å². The van der Waals surface area contributed by atoms with Gasteiger partial charge in [0.15, 0.2) is 11.4 Å². The van der Waals surface area contributed by atoms with Gasteiger partial charge in [-0.1, -0.05) is 196 Å². The standard InChI is InChI=1S/C80H80N4/c1-9-51-83-67-37-23-21-35-65(67)79(53-57-27-13-11-14-28-57,73(83)41-25-39-71-77(3,4)75-63-33-19-17-31-61(63)47-49-69(75)81(71)7)55-59-43-45-60(46-44-59)56-80(54-58-29-15-12-16-30-58)66-36-22-24-38-68(66)84(52-10-2)74(80)42-26-40-72-78(5,6)76-64-34-20-18-32-62(64)48-50-70(76)82(72)8/h11-50H,9-10,51-56H2,1-8H3/q+2. The third kappa shape index (κ3) is 9.12. The zero-order chi connectivity index (χ0) is 57.8. The Labute approximate surface area is 499 Å². The molecule has 0 spiro atoms. The first-order valence-corrected chi connectivity index (χ1v) is 30.8. The molecule has 9 aromatic rings. The van der Waals surface area contributed by atoms with E-state index in [1.807, 2.05) is 0 Å². The molecule has 2 atom stereocenters. The molecular weight excluding hydrogens is 1020 g/mol. The van der Waals surface area contributed by atoms with Crippen molar-refractivity contribution < 1.29 is 9.15 Å². The molecule has 0 aliphatic carbocycles. The SMILES string of the molecule is CCCN1/C(=C\C=C\C2=[N+](C)c3ccc4ccccc4c3C2(C)C)C(Cc2ccccc2)(Cc2ccc(CC3(Cc4ccccc4)/C(=C/C=C/C4=[N+](C)c5ccc6ccccc6c5C4(C)C)N(CCC)c4ccccc43)cc2)c2ccccc21. The van der Waals surface area contributed by atoms with Gasteiger partial charge in [-0.05, 0) is 158 Å². The maximum atomic E-state index is 2.65. The lowest BCUT2D eigenvalue weighted by atomic mass is 9.69. The van der Waals surface area contributed by atoms with Crippen LogP contribution >= 0.6 is 0 Å². The van der Waals surface area contributed by atoms with Crippen molar-refractivity contribution in [1.82, 2.24) is 0 Å². The minimum absolute atomic E-state index is 0.182. The third-order valence-electron chi connectivity index (χ3n) is 19.4. The molecule has 9 aromatic carbocycles. The Morgan fingerprint density at radius 2 is 0.726 bits per heavy atom. The molecule has 4 heteroatoms. The van der Waals surface area contributed by atoms with Crippen LogP contribution in [0.25, 0.3) is 21.5 Å². The van der Waals surface area contributed by atoms with Gasteiger partial charge in [0.1, 0.15) is 14.1 Å². The van der Waals surface area contributed by atoms with E-state index in [1.54, 1.807) is 0 Å². The van der Waals surface area contributed by atoms with Crippen LogP contribution in [0.5, 0.6) is 0 Å². The molecule has 0 bridgehead atoms. The number of fused-ring (bicyclic) bond motifs is 8. The number of allylic oxidation sites excluding steroid dienone is 8. The maximum Gasteiger partial charge on any atom is 0.210 e. The molecule has 2 unspecified atom stereocenters. The molecule has 4 aliphatic heterocycles. The van der Waals surface area contributed by atoms with Crippen LogP contribution in [-0.4, -0.2) is 47.8 Å². The van der Waals surface area contributed by atoms with Gasteiger partial charge in [-0.2, -0.15) is 9.15 Å². The quantitative estimate of drug-likeness (QED) is 0.0894. The average Bonchev–Trinajstić information content (AvgIpc) is 3.02. The Balaban J connectivity index is 0.898. The van der Waals surface area contributed by atoms with Gasteiger partial charge in [-0.25, -0.2) is 0 Å². The van der Waals surface area contributed by atoms with Crippen LogP contribution in [0.3, 0.4) is 0 Å². The number of para-hydroxylation sites is 2. The highest BCUT2D eigenvalue weighted by Gasteiger charge is 2.50. The van der Waals surface area contributed by atoms with Gasteiger partial charge in [-0.15, -0.1) is 0 Å². The Morgan fingerprint density at radius 3 is 1.12 bits per heavy atom. The van der Waals surface area contributed by atoms with Crippen LogP contribution in [0.2, 0.25) is 0 Å². The topological polar surface area (TPSA) is 12.5 Å². The monoisotopic (exact) mass is 1100 g/mol. The van der Waals surface area contributed by atoms with Gasteiger partial charge in [0.2, 0.25) is 11.4 Å². The van der Waals surface area contributed by atoms with Crippen LogP contribution < -0.4 is 9.80 Å². The molecule has 0 aromatic heterocycles. The van der Waals surface area contributed by atoms with E-state index in [9.17, 15) is 0 Å². The van der Waals surface area contributed by atoms with Crippen molar-refractivity contribution in [3.05, 3.63) is 299 Å².